The van der Waals surface area contributed by atoms with Crippen molar-refractivity contribution in [3.63, 3.8) is 0 Å². The number of phenols is 1. The second-order valence-electron chi connectivity index (χ2n) is 7.26. The van der Waals surface area contributed by atoms with Crippen LogP contribution in [-0.4, -0.2) is 10.7 Å². The maximum atomic E-state index is 10.3. The molecule has 1 unspecified atom stereocenters. The van der Waals surface area contributed by atoms with E-state index in [9.17, 15) is 10.4 Å². The molecule has 3 nitrogen and oxygen atoms in total. The Balaban J connectivity index is 2.10. The maximum Gasteiger partial charge on any atom is 0.194 e. The van der Waals surface area contributed by atoms with Crippen LogP contribution in [0.15, 0.2) is 0 Å². The minimum Gasteiger partial charge on any atom is -0.507 e. The van der Waals surface area contributed by atoms with Gasteiger partial charge in [-0.15, -0.1) is 0 Å². The van der Waals surface area contributed by atoms with E-state index in [1.165, 1.54) is 32.1 Å². The Hall–Kier alpha value is -1.69. The molecule has 1 aliphatic heterocycles. The summed E-state index contributed by atoms with van der Waals surface area (Å²) in [5, 5.41) is 20.0. The molecule has 0 spiro atoms. The summed E-state index contributed by atoms with van der Waals surface area (Å²) in [7, 11) is 0. The first kappa shape index (κ1) is 18.6. The SMILES string of the molecule is CCCCCCCCC1(C#N)CCc2c(C)c(O)c(C)c(C)c2O1. The molecular weight excluding hydrogens is 298 g/mol. The molecule has 1 aromatic rings. The molecule has 0 aromatic heterocycles. The summed E-state index contributed by atoms with van der Waals surface area (Å²) in [6.07, 6.45) is 9.63. The standard InChI is InChI=1S/C21H31NO2/c1-5-6-7-8-9-10-12-21(14-22)13-11-18-17(4)19(23)15(2)16(3)20(18)24-21/h23H,5-13H2,1-4H3. The monoisotopic (exact) mass is 329 g/mol. The Kier molecular flexibility index (Phi) is 6.15. The van der Waals surface area contributed by atoms with Crippen molar-refractivity contribution in [1.82, 2.24) is 0 Å². The summed E-state index contributed by atoms with van der Waals surface area (Å²) >= 11 is 0. The zero-order chi connectivity index (χ0) is 17.7. The molecule has 132 valence electrons. The number of nitriles is 1. The molecule has 3 heteroatoms. The summed E-state index contributed by atoms with van der Waals surface area (Å²) in [5.41, 5.74) is 3.11. The molecule has 1 aromatic carbocycles. The van der Waals surface area contributed by atoms with Gasteiger partial charge >= 0.3 is 0 Å². The smallest absolute Gasteiger partial charge is 0.194 e. The van der Waals surface area contributed by atoms with Gasteiger partial charge in [0.2, 0.25) is 0 Å². The van der Waals surface area contributed by atoms with Crippen LogP contribution in [-0.2, 0) is 6.42 Å². The topological polar surface area (TPSA) is 53.2 Å². The molecule has 1 N–H and O–H groups in total. The quantitative estimate of drug-likeness (QED) is 0.657. The van der Waals surface area contributed by atoms with Crippen LogP contribution in [0.25, 0.3) is 0 Å². The van der Waals surface area contributed by atoms with Gasteiger partial charge in [0, 0.05) is 18.4 Å². The highest BCUT2D eigenvalue weighted by molar-refractivity contribution is 5.58. The summed E-state index contributed by atoms with van der Waals surface area (Å²) in [6.45, 7) is 8.06. The molecule has 1 aliphatic rings. The first-order valence-electron chi connectivity index (χ1n) is 9.37. The van der Waals surface area contributed by atoms with Crippen LogP contribution in [0.4, 0.5) is 0 Å². The fourth-order valence-electron chi connectivity index (χ4n) is 3.68. The lowest BCUT2D eigenvalue weighted by molar-refractivity contribution is 0.0884. The highest BCUT2D eigenvalue weighted by Gasteiger charge is 2.38. The van der Waals surface area contributed by atoms with Gasteiger partial charge < -0.3 is 9.84 Å². The lowest BCUT2D eigenvalue weighted by Crippen LogP contribution is -2.38. The Morgan fingerprint density at radius 1 is 1.04 bits per heavy atom. The largest absolute Gasteiger partial charge is 0.507 e. The van der Waals surface area contributed by atoms with Crippen LogP contribution in [0, 0.1) is 32.1 Å². The summed E-state index contributed by atoms with van der Waals surface area (Å²) in [5.74, 6) is 1.21. The molecule has 0 aliphatic carbocycles. The van der Waals surface area contributed by atoms with Crippen molar-refractivity contribution in [2.75, 3.05) is 0 Å². The number of rotatable bonds is 7. The summed E-state index contributed by atoms with van der Waals surface area (Å²) in [4.78, 5) is 0. The third-order valence-electron chi connectivity index (χ3n) is 5.55. The van der Waals surface area contributed by atoms with Crippen molar-refractivity contribution in [2.24, 2.45) is 0 Å². The van der Waals surface area contributed by atoms with Crippen molar-refractivity contribution >= 4 is 0 Å². The van der Waals surface area contributed by atoms with Gasteiger partial charge in [-0.05, 0) is 50.3 Å². The maximum absolute atomic E-state index is 10.3. The molecule has 0 fully saturated rings. The van der Waals surface area contributed by atoms with E-state index in [2.05, 4.69) is 13.0 Å². The number of ether oxygens (including phenoxy) is 1. The predicted octanol–water partition coefficient (Wildman–Crippen LogP) is 5.66. The fraction of sp³-hybridized carbons (Fsp3) is 0.667. The van der Waals surface area contributed by atoms with Crippen molar-refractivity contribution < 1.29 is 9.84 Å². The number of unbranched alkanes of at least 4 members (excludes halogenated alkanes) is 5. The Bertz CT molecular complexity index is 630. The molecule has 0 saturated carbocycles. The van der Waals surface area contributed by atoms with Gasteiger partial charge in [0.05, 0.1) is 0 Å². The second kappa shape index (κ2) is 7.92. The van der Waals surface area contributed by atoms with Crippen LogP contribution in [0.1, 0.15) is 80.5 Å². The van der Waals surface area contributed by atoms with Crippen molar-refractivity contribution in [1.29, 1.82) is 5.26 Å². The van der Waals surface area contributed by atoms with E-state index in [1.807, 2.05) is 20.8 Å². The van der Waals surface area contributed by atoms with Crippen molar-refractivity contribution in [3.8, 4) is 17.6 Å². The minimum absolute atomic E-state index is 0.371. The zero-order valence-corrected chi connectivity index (χ0v) is 15.7. The van der Waals surface area contributed by atoms with Gasteiger partial charge in [-0.1, -0.05) is 39.0 Å². The highest BCUT2D eigenvalue weighted by Crippen LogP contribution is 2.44. The average Bonchev–Trinajstić information content (AvgIpc) is 2.61. The lowest BCUT2D eigenvalue weighted by atomic mass is 9.84. The van der Waals surface area contributed by atoms with Crippen molar-refractivity contribution in [2.45, 2.75) is 91.1 Å². The third-order valence-corrected chi connectivity index (χ3v) is 5.55. The first-order chi connectivity index (χ1) is 11.5. The van der Waals surface area contributed by atoms with E-state index >= 15 is 0 Å². The highest BCUT2D eigenvalue weighted by atomic mass is 16.5. The first-order valence-corrected chi connectivity index (χ1v) is 9.37. The van der Waals surface area contributed by atoms with Gasteiger partial charge in [0.25, 0.3) is 0 Å². The minimum atomic E-state index is -0.696. The number of hydrogen-bond donors (Lipinski definition) is 1. The number of nitrogens with zero attached hydrogens (tertiary/aromatic N) is 1. The number of phenolic OH excluding ortho intramolecular Hbond substituents is 1. The van der Waals surface area contributed by atoms with Crippen LogP contribution < -0.4 is 4.74 Å². The van der Waals surface area contributed by atoms with E-state index in [-0.39, 0.29) is 0 Å². The molecule has 1 heterocycles. The zero-order valence-electron chi connectivity index (χ0n) is 15.7. The molecule has 0 radical (unpaired) electrons. The van der Waals surface area contributed by atoms with Gasteiger partial charge in [-0.3, -0.25) is 0 Å². The van der Waals surface area contributed by atoms with Crippen LogP contribution >= 0.6 is 0 Å². The number of benzene rings is 1. The van der Waals surface area contributed by atoms with E-state index in [4.69, 9.17) is 4.74 Å². The number of hydrogen-bond acceptors (Lipinski definition) is 3. The molecule has 2 rings (SSSR count). The molecule has 1 atom stereocenters. The second-order valence-corrected chi connectivity index (χ2v) is 7.26. The average molecular weight is 329 g/mol. The predicted molar refractivity (Wildman–Crippen MR) is 97.6 cm³/mol. The molecule has 0 saturated heterocycles. The number of fused-ring (bicyclic) bond motifs is 1. The molecular formula is C21H31NO2. The van der Waals surface area contributed by atoms with Gasteiger partial charge in [0.15, 0.2) is 5.60 Å². The van der Waals surface area contributed by atoms with Gasteiger partial charge in [-0.2, -0.15) is 5.26 Å². The molecule has 0 amide bonds. The van der Waals surface area contributed by atoms with Gasteiger partial charge in [-0.25, -0.2) is 0 Å². The Morgan fingerprint density at radius 2 is 1.71 bits per heavy atom. The molecule has 24 heavy (non-hydrogen) atoms. The normalized spacial score (nSPS) is 19.5. The van der Waals surface area contributed by atoms with Crippen molar-refractivity contribution in [3.05, 3.63) is 22.3 Å². The fourth-order valence-corrected chi connectivity index (χ4v) is 3.68. The van der Waals surface area contributed by atoms with Crippen LogP contribution in [0.2, 0.25) is 0 Å². The van der Waals surface area contributed by atoms with E-state index in [0.717, 1.165) is 47.3 Å². The van der Waals surface area contributed by atoms with E-state index in [1.54, 1.807) is 0 Å². The molecule has 0 bridgehead atoms. The van der Waals surface area contributed by atoms with Crippen LogP contribution in [0.5, 0.6) is 11.5 Å². The Morgan fingerprint density at radius 3 is 2.38 bits per heavy atom. The lowest BCUT2D eigenvalue weighted by Gasteiger charge is -2.35. The van der Waals surface area contributed by atoms with Crippen LogP contribution in [0.3, 0.4) is 0 Å². The Labute approximate surface area is 146 Å². The summed E-state index contributed by atoms with van der Waals surface area (Å²) in [6, 6.07) is 2.46. The summed E-state index contributed by atoms with van der Waals surface area (Å²) < 4.78 is 6.27. The third kappa shape index (κ3) is 3.69. The van der Waals surface area contributed by atoms with E-state index in [0.29, 0.717) is 12.2 Å². The van der Waals surface area contributed by atoms with E-state index < -0.39 is 5.60 Å². The van der Waals surface area contributed by atoms with Gasteiger partial charge in [0.1, 0.15) is 17.6 Å². The number of aromatic hydroxyl groups is 1.